The molecule has 3 aliphatic rings. The Morgan fingerprint density at radius 3 is 2.47 bits per heavy atom. The molecule has 1 aliphatic heterocycles. The van der Waals surface area contributed by atoms with Crippen molar-refractivity contribution < 1.29 is 19.4 Å². The Morgan fingerprint density at radius 2 is 1.85 bits per heavy atom. The molecule has 1 N–H and O–H groups in total. The van der Waals surface area contributed by atoms with E-state index in [0.717, 1.165) is 56.9 Å². The molecule has 187 valence electrons. The highest BCUT2D eigenvalue weighted by atomic mass is 16.5. The van der Waals surface area contributed by atoms with Gasteiger partial charge in [-0.05, 0) is 67.4 Å². The minimum atomic E-state index is -0.927. The summed E-state index contributed by atoms with van der Waals surface area (Å²) in [5, 5.41) is 11.8. The summed E-state index contributed by atoms with van der Waals surface area (Å²) < 4.78 is 10.8. The Bertz CT molecular complexity index is 877. The molecule has 1 saturated heterocycles. The van der Waals surface area contributed by atoms with Gasteiger partial charge in [0.25, 0.3) is 0 Å². The summed E-state index contributed by atoms with van der Waals surface area (Å²) in [6.07, 6.45) is 5.79. The molecular weight excluding hydrogens is 428 g/mol. The lowest BCUT2D eigenvalue weighted by Crippen LogP contribution is -2.57. The van der Waals surface area contributed by atoms with E-state index in [1.807, 2.05) is 25.5 Å². The van der Waals surface area contributed by atoms with Gasteiger partial charge >= 0.3 is 5.97 Å². The van der Waals surface area contributed by atoms with Crippen LogP contribution in [0.25, 0.3) is 0 Å². The van der Waals surface area contributed by atoms with Crippen LogP contribution in [0.3, 0.4) is 0 Å². The number of nitrogens with zero attached hydrogens (tertiary/aromatic N) is 2. The number of aliphatic hydroxyl groups is 1. The van der Waals surface area contributed by atoms with Gasteiger partial charge in [0, 0.05) is 57.7 Å². The first-order valence-corrected chi connectivity index (χ1v) is 12.8. The number of carbonyl (C=O) groups excluding carboxylic acids is 1. The minimum Gasteiger partial charge on any atom is -0.497 e. The van der Waals surface area contributed by atoms with E-state index in [-0.39, 0.29) is 17.8 Å². The first-order valence-electron chi connectivity index (χ1n) is 12.8. The lowest BCUT2D eigenvalue weighted by molar-refractivity contribution is -0.148. The van der Waals surface area contributed by atoms with Crippen LogP contribution in [0.1, 0.15) is 40.5 Å². The van der Waals surface area contributed by atoms with E-state index in [0.29, 0.717) is 11.8 Å². The van der Waals surface area contributed by atoms with E-state index in [1.54, 1.807) is 7.11 Å². The third kappa shape index (κ3) is 5.13. The number of esters is 1. The number of methoxy groups -OCH3 is 1. The molecule has 1 heterocycles. The Labute approximate surface area is 204 Å². The van der Waals surface area contributed by atoms with Gasteiger partial charge in [-0.15, -0.1) is 0 Å². The van der Waals surface area contributed by atoms with E-state index in [9.17, 15) is 9.90 Å². The number of hydrogen-bond acceptors (Lipinski definition) is 6. The second kappa shape index (κ2) is 10.3. The van der Waals surface area contributed by atoms with Crippen molar-refractivity contribution in [2.24, 2.45) is 23.7 Å². The predicted molar refractivity (Wildman–Crippen MR) is 135 cm³/mol. The third-order valence-corrected chi connectivity index (χ3v) is 8.41. The lowest BCUT2D eigenvalue weighted by atomic mass is 9.57. The van der Waals surface area contributed by atoms with E-state index in [2.05, 4.69) is 41.9 Å². The molecule has 6 atom stereocenters. The minimum absolute atomic E-state index is 0.0682. The van der Waals surface area contributed by atoms with Crippen LogP contribution in [0.5, 0.6) is 5.75 Å². The number of fused-ring (bicyclic) bond motifs is 1. The van der Waals surface area contributed by atoms with Gasteiger partial charge in [-0.3, -0.25) is 9.69 Å². The van der Waals surface area contributed by atoms with Crippen LogP contribution in [0.4, 0.5) is 5.69 Å². The molecule has 1 saturated carbocycles. The number of ether oxygens (including phenoxy) is 2. The zero-order valence-corrected chi connectivity index (χ0v) is 21.4. The quantitative estimate of drug-likeness (QED) is 0.503. The molecule has 1 unspecified atom stereocenters. The molecule has 2 aliphatic carbocycles. The molecule has 0 aromatic heterocycles. The first-order chi connectivity index (χ1) is 16.2. The maximum absolute atomic E-state index is 11.8. The van der Waals surface area contributed by atoms with Gasteiger partial charge < -0.3 is 19.5 Å². The van der Waals surface area contributed by atoms with E-state index < -0.39 is 11.7 Å². The monoisotopic (exact) mass is 469 g/mol. The molecule has 6 nitrogen and oxygen atoms in total. The molecular formula is C28H41N2O4. The van der Waals surface area contributed by atoms with Crippen molar-refractivity contribution in [2.45, 2.75) is 52.2 Å². The summed E-state index contributed by atoms with van der Waals surface area (Å²) in [5.41, 5.74) is 1.36. The number of hydrogen-bond donors (Lipinski definition) is 1. The lowest BCUT2D eigenvalue weighted by Gasteiger charge is -2.53. The maximum Gasteiger partial charge on any atom is 0.303 e. The van der Waals surface area contributed by atoms with E-state index >= 15 is 0 Å². The fourth-order valence-corrected chi connectivity index (χ4v) is 6.28. The van der Waals surface area contributed by atoms with Crippen molar-refractivity contribution in [1.82, 2.24) is 4.90 Å². The molecule has 6 heteroatoms. The average Bonchev–Trinajstić information content (AvgIpc) is 2.81. The highest BCUT2D eigenvalue weighted by Crippen LogP contribution is 2.50. The average molecular weight is 470 g/mol. The summed E-state index contributed by atoms with van der Waals surface area (Å²) in [7, 11) is 1.70. The molecule has 1 aromatic rings. The molecule has 4 rings (SSSR count). The van der Waals surface area contributed by atoms with Gasteiger partial charge in [-0.25, -0.2) is 0 Å². The molecule has 0 spiro atoms. The SMILES string of the molecule is COc1ccc(N2CCN(CC(C)[C@@H]3CC[C@@H](C)[C@]4(O)[CH][C@@H](OC(C)=O)C(C)=C[C@H]34)CC2)cc1. The van der Waals surface area contributed by atoms with Crippen LogP contribution in [-0.2, 0) is 9.53 Å². The van der Waals surface area contributed by atoms with Crippen LogP contribution < -0.4 is 9.64 Å². The second-order valence-electron chi connectivity index (χ2n) is 10.6. The summed E-state index contributed by atoms with van der Waals surface area (Å²) in [4.78, 5) is 16.6. The van der Waals surface area contributed by atoms with Crippen molar-refractivity contribution in [3.05, 3.63) is 42.3 Å². The second-order valence-corrected chi connectivity index (χ2v) is 10.6. The van der Waals surface area contributed by atoms with Crippen molar-refractivity contribution in [1.29, 1.82) is 0 Å². The zero-order chi connectivity index (χ0) is 24.5. The molecule has 1 aromatic carbocycles. The number of rotatable bonds is 6. The van der Waals surface area contributed by atoms with E-state index in [4.69, 9.17) is 9.47 Å². The Hall–Kier alpha value is -2.05. The van der Waals surface area contributed by atoms with E-state index in [1.165, 1.54) is 12.6 Å². The van der Waals surface area contributed by atoms with Gasteiger partial charge in [0.05, 0.1) is 12.7 Å². The first kappa shape index (κ1) is 25.1. The van der Waals surface area contributed by atoms with Crippen LogP contribution in [0.2, 0.25) is 0 Å². The van der Waals surface area contributed by atoms with Crippen LogP contribution >= 0.6 is 0 Å². The number of benzene rings is 1. The number of carbonyl (C=O) groups is 1. The Morgan fingerprint density at radius 1 is 1.18 bits per heavy atom. The summed E-state index contributed by atoms with van der Waals surface area (Å²) >= 11 is 0. The van der Waals surface area contributed by atoms with Gasteiger partial charge in [-0.1, -0.05) is 19.9 Å². The van der Waals surface area contributed by atoms with Crippen LogP contribution in [0, 0.1) is 30.1 Å². The van der Waals surface area contributed by atoms with Crippen LogP contribution in [0.15, 0.2) is 35.9 Å². The summed E-state index contributed by atoms with van der Waals surface area (Å²) in [6.45, 7) is 13.1. The standard InChI is InChI=1S/C28H41N2O4/c1-19-16-26-25(11-6-21(3)28(26,32)17-27(19)34-22(4)31)20(2)18-29-12-14-30(15-13-29)23-7-9-24(33-5)10-8-23/h7-10,16-17,20-21,25-27,32H,6,11-15,18H2,1-5H3/t20?,21-,25+,26-,27-,28-/m1/s1. The molecule has 1 radical (unpaired) electrons. The molecule has 0 bridgehead atoms. The van der Waals surface area contributed by atoms with Gasteiger partial charge in [0.15, 0.2) is 0 Å². The van der Waals surface area contributed by atoms with Crippen molar-refractivity contribution in [3.63, 3.8) is 0 Å². The largest absolute Gasteiger partial charge is 0.497 e. The van der Waals surface area contributed by atoms with Crippen molar-refractivity contribution >= 4 is 11.7 Å². The van der Waals surface area contributed by atoms with Gasteiger partial charge in [-0.2, -0.15) is 0 Å². The normalized spacial score (nSPS) is 33.0. The van der Waals surface area contributed by atoms with Gasteiger partial charge in [0.1, 0.15) is 11.9 Å². The molecule has 2 fully saturated rings. The molecule has 34 heavy (non-hydrogen) atoms. The number of anilines is 1. The Balaban J connectivity index is 1.38. The zero-order valence-electron chi connectivity index (χ0n) is 21.4. The predicted octanol–water partition coefficient (Wildman–Crippen LogP) is 3.94. The topological polar surface area (TPSA) is 62.2 Å². The van der Waals surface area contributed by atoms with Crippen LogP contribution in [-0.4, -0.2) is 67.5 Å². The highest BCUT2D eigenvalue weighted by Gasteiger charge is 2.53. The summed E-state index contributed by atoms with van der Waals surface area (Å²) in [6, 6.07) is 8.33. The molecule has 0 amide bonds. The smallest absolute Gasteiger partial charge is 0.303 e. The third-order valence-electron chi connectivity index (χ3n) is 8.41. The fourth-order valence-electron chi connectivity index (χ4n) is 6.28. The van der Waals surface area contributed by atoms with Crippen molar-refractivity contribution in [3.8, 4) is 5.75 Å². The Kier molecular flexibility index (Phi) is 7.58. The highest BCUT2D eigenvalue weighted by molar-refractivity contribution is 5.66. The van der Waals surface area contributed by atoms with Crippen molar-refractivity contribution in [2.75, 3.05) is 44.7 Å². The maximum atomic E-state index is 11.8. The number of piperazine rings is 1. The summed E-state index contributed by atoms with van der Waals surface area (Å²) in [5.74, 6) is 1.68. The van der Waals surface area contributed by atoms with Gasteiger partial charge in [0.2, 0.25) is 0 Å². The fraction of sp³-hybridized carbons (Fsp3) is 0.643.